The molecule has 1 aliphatic rings. The SMILES string of the molecule is CCCCN(CCCC)C(=O)c1nn(-c2ccc(C(=O)NS(=O)(=O)c3ccc4ccccc4c3)cc2C(=O)c2cccc3c2CC(CN)NC3)c(C)c1Cl. The van der Waals surface area contributed by atoms with Crippen LogP contribution >= 0.6 is 11.6 Å². The van der Waals surface area contributed by atoms with E-state index < -0.39 is 21.7 Å². The number of nitrogens with zero attached hydrogens (tertiary/aromatic N) is 3. The quantitative estimate of drug-likeness (QED) is 0.110. The number of nitrogens with one attached hydrogen (secondary N) is 2. The first-order chi connectivity index (χ1) is 26.0. The molecule has 0 spiro atoms. The molecule has 0 saturated heterocycles. The van der Waals surface area contributed by atoms with Gasteiger partial charge in [-0.05, 0) is 78.4 Å². The van der Waals surface area contributed by atoms with Gasteiger partial charge in [-0.2, -0.15) is 5.10 Å². The number of halogens is 1. The minimum Gasteiger partial charge on any atom is -0.337 e. The Bertz CT molecular complexity index is 2330. The number of hydrogen-bond donors (Lipinski definition) is 3. The Balaban J connectivity index is 1.43. The van der Waals surface area contributed by atoms with Gasteiger partial charge in [0.25, 0.3) is 21.8 Å². The molecule has 0 radical (unpaired) electrons. The maximum Gasteiger partial charge on any atom is 0.275 e. The molecule has 5 aromatic rings. The second-order valence-electron chi connectivity index (χ2n) is 13.6. The van der Waals surface area contributed by atoms with Gasteiger partial charge in [-0.3, -0.25) is 14.4 Å². The van der Waals surface area contributed by atoms with E-state index in [4.69, 9.17) is 17.3 Å². The Kier molecular flexibility index (Phi) is 12.0. The van der Waals surface area contributed by atoms with Crippen LogP contribution in [-0.2, 0) is 23.0 Å². The van der Waals surface area contributed by atoms with Crippen molar-refractivity contribution in [3.8, 4) is 5.69 Å². The van der Waals surface area contributed by atoms with Gasteiger partial charge in [0.05, 0.1) is 21.3 Å². The molecule has 11 nitrogen and oxygen atoms in total. The maximum absolute atomic E-state index is 14.7. The van der Waals surface area contributed by atoms with E-state index in [1.807, 2.05) is 18.2 Å². The molecule has 1 aliphatic heterocycles. The zero-order valence-corrected chi connectivity index (χ0v) is 32.3. The lowest BCUT2D eigenvalue weighted by Crippen LogP contribution is -2.41. The highest BCUT2D eigenvalue weighted by Crippen LogP contribution is 2.30. The van der Waals surface area contributed by atoms with Crippen LogP contribution in [0.2, 0.25) is 5.02 Å². The number of aromatic nitrogens is 2. The lowest BCUT2D eigenvalue weighted by Gasteiger charge is -2.27. The van der Waals surface area contributed by atoms with Crippen molar-refractivity contribution < 1.29 is 22.8 Å². The highest BCUT2D eigenvalue weighted by Gasteiger charge is 2.30. The largest absolute Gasteiger partial charge is 0.337 e. The number of rotatable bonds is 14. The number of carbonyl (C=O) groups excluding carboxylic acids is 3. The van der Waals surface area contributed by atoms with Crippen molar-refractivity contribution in [2.24, 2.45) is 5.73 Å². The van der Waals surface area contributed by atoms with Crippen LogP contribution in [0.4, 0.5) is 0 Å². The monoisotopic (exact) mass is 768 g/mol. The van der Waals surface area contributed by atoms with Crippen LogP contribution in [0.15, 0.2) is 83.8 Å². The summed E-state index contributed by atoms with van der Waals surface area (Å²) in [6.07, 6.45) is 4.00. The van der Waals surface area contributed by atoms with Gasteiger partial charge in [0.15, 0.2) is 11.5 Å². The van der Waals surface area contributed by atoms with Gasteiger partial charge in [-0.1, -0.05) is 86.8 Å². The summed E-state index contributed by atoms with van der Waals surface area (Å²) in [4.78, 5) is 44.0. The van der Waals surface area contributed by atoms with Crippen LogP contribution in [0.5, 0.6) is 0 Å². The van der Waals surface area contributed by atoms with E-state index >= 15 is 0 Å². The minimum absolute atomic E-state index is 0.0348. The molecule has 6 rings (SSSR count). The molecule has 1 aromatic heterocycles. The van der Waals surface area contributed by atoms with Crippen molar-refractivity contribution in [2.45, 2.75) is 70.4 Å². The van der Waals surface area contributed by atoms with Crippen LogP contribution in [0, 0.1) is 6.92 Å². The molecule has 0 fully saturated rings. The number of carbonyl (C=O) groups is 3. The Labute approximate surface area is 320 Å². The van der Waals surface area contributed by atoms with Crippen LogP contribution in [0.1, 0.15) is 93.1 Å². The number of benzene rings is 4. The summed E-state index contributed by atoms with van der Waals surface area (Å²) in [5.41, 5.74) is 9.02. The Hall–Kier alpha value is -4.88. The molecule has 2 heterocycles. The normalized spacial score (nSPS) is 14.1. The van der Waals surface area contributed by atoms with Crippen LogP contribution in [-0.4, -0.2) is 66.4 Å². The number of amides is 2. The predicted molar refractivity (Wildman–Crippen MR) is 211 cm³/mol. The van der Waals surface area contributed by atoms with Gasteiger partial charge in [0, 0.05) is 48.9 Å². The van der Waals surface area contributed by atoms with Crippen LogP contribution in [0.25, 0.3) is 16.5 Å². The summed E-state index contributed by atoms with van der Waals surface area (Å²) in [6, 6.07) is 21.7. The van der Waals surface area contributed by atoms with Gasteiger partial charge >= 0.3 is 0 Å². The molecule has 2 amide bonds. The van der Waals surface area contributed by atoms with Gasteiger partial charge in [-0.15, -0.1) is 0 Å². The van der Waals surface area contributed by atoms with Gasteiger partial charge < -0.3 is 16.0 Å². The van der Waals surface area contributed by atoms with Crippen molar-refractivity contribution in [3.05, 3.63) is 123 Å². The van der Waals surface area contributed by atoms with Crippen molar-refractivity contribution >= 4 is 50.0 Å². The molecular weight excluding hydrogens is 724 g/mol. The number of unbranched alkanes of at least 4 members (excludes halogenated alkanes) is 2. The number of ketones is 1. The molecule has 4 aromatic carbocycles. The molecule has 0 bridgehead atoms. The lowest BCUT2D eigenvalue weighted by atomic mass is 9.87. The Morgan fingerprint density at radius 2 is 1.67 bits per heavy atom. The smallest absolute Gasteiger partial charge is 0.275 e. The van der Waals surface area contributed by atoms with Crippen LogP contribution in [0.3, 0.4) is 0 Å². The van der Waals surface area contributed by atoms with E-state index in [0.29, 0.717) is 49.2 Å². The number of nitrogens with two attached hydrogens (primary N) is 1. The summed E-state index contributed by atoms with van der Waals surface area (Å²) in [5.74, 6) is -1.62. The average molecular weight is 769 g/mol. The van der Waals surface area contributed by atoms with Gasteiger partial charge in [-0.25, -0.2) is 17.8 Å². The minimum atomic E-state index is -4.29. The highest BCUT2D eigenvalue weighted by molar-refractivity contribution is 7.90. The summed E-state index contributed by atoms with van der Waals surface area (Å²) in [7, 11) is -4.29. The second kappa shape index (κ2) is 16.6. The average Bonchev–Trinajstić information content (AvgIpc) is 3.49. The molecule has 0 aliphatic carbocycles. The molecule has 282 valence electrons. The summed E-state index contributed by atoms with van der Waals surface area (Å²) >= 11 is 6.83. The van der Waals surface area contributed by atoms with Crippen molar-refractivity contribution in [1.82, 2.24) is 24.7 Å². The zero-order chi connectivity index (χ0) is 38.6. The third kappa shape index (κ3) is 7.97. The number of hydrogen-bond acceptors (Lipinski definition) is 8. The van der Waals surface area contributed by atoms with E-state index in [0.717, 1.165) is 42.2 Å². The fraction of sp³-hybridized carbons (Fsp3) is 0.317. The number of sulfonamides is 1. The molecular formula is C41H45ClN6O5S. The van der Waals surface area contributed by atoms with E-state index in [9.17, 15) is 22.8 Å². The van der Waals surface area contributed by atoms with E-state index in [1.54, 1.807) is 42.2 Å². The topological polar surface area (TPSA) is 156 Å². The third-order valence-electron chi connectivity index (χ3n) is 9.92. The number of fused-ring (bicyclic) bond motifs is 2. The summed E-state index contributed by atoms with van der Waals surface area (Å²) in [5, 5.41) is 9.79. The molecule has 54 heavy (non-hydrogen) atoms. The predicted octanol–water partition coefficient (Wildman–Crippen LogP) is 6.35. The van der Waals surface area contributed by atoms with E-state index in [1.165, 1.54) is 35.0 Å². The third-order valence-corrected chi connectivity index (χ3v) is 11.7. The standard InChI is InChI=1S/C41H45ClN6O5S/c1-4-6-19-47(20-7-5-2)41(51)38-37(42)26(3)48(45-38)36-18-16-29(40(50)46-54(52,53)32-17-15-27-11-8-9-12-28(27)21-32)22-35(36)39(49)33-14-10-13-30-25-44-31(24-43)23-34(30)33/h8-18,21-22,31,44H,4-7,19-20,23-25,43H2,1-3H3,(H,46,50). The molecule has 13 heteroatoms. The van der Waals surface area contributed by atoms with E-state index in [-0.39, 0.29) is 44.4 Å². The van der Waals surface area contributed by atoms with E-state index in [2.05, 4.69) is 29.0 Å². The van der Waals surface area contributed by atoms with Gasteiger partial charge in [0.1, 0.15) is 0 Å². The van der Waals surface area contributed by atoms with Crippen LogP contribution < -0.4 is 15.8 Å². The first kappa shape index (κ1) is 38.8. The fourth-order valence-electron chi connectivity index (χ4n) is 6.77. The van der Waals surface area contributed by atoms with Crippen molar-refractivity contribution in [2.75, 3.05) is 19.6 Å². The first-order valence-electron chi connectivity index (χ1n) is 18.3. The lowest BCUT2D eigenvalue weighted by molar-refractivity contribution is 0.0744. The Morgan fingerprint density at radius 3 is 2.37 bits per heavy atom. The molecule has 1 atom stereocenters. The first-order valence-corrected chi connectivity index (χ1v) is 20.2. The second-order valence-corrected chi connectivity index (χ2v) is 15.7. The van der Waals surface area contributed by atoms with Gasteiger partial charge in [0.2, 0.25) is 0 Å². The zero-order valence-electron chi connectivity index (χ0n) is 30.7. The fourth-order valence-corrected chi connectivity index (χ4v) is 7.98. The Morgan fingerprint density at radius 1 is 0.944 bits per heavy atom. The maximum atomic E-state index is 14.7. The highest BCUT2D eigenvalue weighted by atomic mass is 35.5. The van der Waals surface area contributed by atoms with Crippen molar-refractivity contribution in [1.29, 1.82) is 0 Å². The van der Waals surface area contributed by atoms with Crippen molar-refractivity contribution in [3.63, 3.8) is 0 Å². The molecule has 1 unspecified atom stereocenters. The summed E-state index contributed by atoms with van der Waals surface area (Å²) < 4.78 is 30.6. The summed E-state index contributed by atoms with van der Waals surface area (Å²) in [6.45, 7) is 7.87. The molecule has 4 N–H and O–H groups in total. The molecule has 0 saturated carbocycles.